The summed E-state index contributed by atoms with van der Waals surface area (Å²) in [5.41, 5.74) is 2.70. The van der Waals surface area contributed by atoms with E-state index in [4.69, 9.17) is 0 Å². The van der Waals surface area contributed by atoms with Gasteiger partial charge in [0.25, 0.3) is 0 Å². The summed E-state index contributed by atoms with van der Waals surface area (Å²) in [5, 5.41) is 0. The van der Waals surface area contributed by atoms with Crippen LogP contribution < -0.4 is 0 Å². The van der Waals surface area contributed by atoms with Gasteiger partial charge in [-0.05, 0) is 44.9 Å². The molecule has 1 rings (SSSR count). The molecule has 0 saturated heterocycles. The van der Waals surface area contributed by atoms with Crippen LogP contribution in [0.15, 0.2) is 23.3 Å². The van der Waals surface area contributed by atoms with E-state index in [2.05, 4.69) is 46.8 Å². The second-order valence-electron chi connectivity index (χ2n) is 5.83. The minimum absolute atomic E-state index is 0.0898. The van der Waals surface area contributed by atoms with E-state index in [0.29, 0.717) is 5.92 Å². The van der Waals surface area contributed by atoms with Crippen LogP contribution in [0.3, 0.4) is 0 Å². The number of hydrogen-bond acceptors (Lipinski definition) is 1. The number of carbonyl (C=O) groups is 1. The van der Waals surface area contributed by atoms with Crippen LogP contribution >= 0.6 is 0 Å². The highest BCUT2D eigenvalue weighted by atomic mass is 16.1. The minimum Gasteiger partial charge on any atom is -0.303 e. The Morgan fingerprint density at radius 3 is 2.62 bits per heavy atom. The van der Waals surface area contributed by atoms with Crippen molar-refractivity contribution in [1.82, 2.24) is 0 Å². The zero-order chi connectivity index (χ0) is 12.3. The Bertz CT molecular complexity index is 316. The number of allylic oxidation sites excluding steroid dienone is 4. The minimum atomic E-state index is 0.0898. The molecule has 90 valence electrons. The van der Waals surface area contributed by atoms with E-state index in [1.807, 2.05) is 0 Å². The van der Waals surface area contributed by atoms with Gasteiger partial charge in [0, 0.05) is 5.92 Å². The molecule has 0 fully saturated rings. The Morgan fingerprint density at radius 1 is 1.50 bits per heavy atom. The molecule has 0 spiro atoms. The zero-order valence-corrected chi connectivity index (χ0v) is 11.2. The molecule has 16 heavy (non-hydrogen) atoms. The first-order chi connectivity index (χ1) is 7.39. The molecule has 1 aliphatic rings. The van der Waals surface area contributed by atoms with Crippen molar-refractivity contribution in [3.8, 4) is 0 Å². The third kappa shape index (κ3) is 2.63. The van der Waals surface area contributed by atoms with Gasteiger partial charge in [-0.2, -0.15) is 0 Å². The summed E-state index contributed by atoms with van der Waals surface area (Å²) in [7, 11) is 0. The van der Waals surface area contributed by atoms with Crippen molar-refractivity contribution in [3.05, 3.63) is 23.3 Å². The highest BCUT2D eigenvalue weighted by Gasteiger charge is 2.39. The molecule has 0 aliphatic heterocycles. The summed E-state index contributed by atoms with van der Waals surface area (Å²) in [4.78, 5) is 11.2. The molecule has 2 atom stereocenters. The van der Waals surface area contributed by atoms with Crippen molar-refractivity contribution in [2.75, 3.05) is 0 Å². The quantitative estimate of drug-likeness (QED) is 0.516. The van der Waals surface area contributed by atoms with Crippen molar-refractivity contribution in [2.45, 2.75) is 47.5 Å². The maximum Gasteiger partial charge on any atom is 0.127 e. The SMILES string of the molecule is CC(C)=CC[C@@H]1CC=C(C)[C@H](C=O)C1(C)C. The molecule has 0 heterocycles. The molecule has 0 aromatic rings. The van der Waals surface area contributed by atoms with Crippen molar-refractivity contribution in [3.63, 3.8) is 0 Å². The Morgan fingerprint density at radius 2 is 2.12 bits per heavy atom. The van der Waals surface area contributed by atoms with Gasteiger partial charge >= 0.3 is 0 Å². The molecule has 0 unspecified atom stereocenters. The Hall–Kier alpha value is -0.850. The summed E-state index contributed by atoms with van der Waals surface area (Å²) in [5.74, 6) is 0.679. The molecular formula is C15H24O. The maximum atomic E-state index is 11.2. The second-order valence-corrected chi connectivity index (χ2v) is 5.83. The highest BCUT2D eigenvalue weighted by molar-refractivity contribution is 5.60. The van der Waals surface area contributed by atoms with Crippen LogP contribution in [-0.2, 0) is 4.79 Å². The summed E-state index contributed by atoms with van der Waals surface area (Å²) >= 11 is 0. The Kier molecular flexibility index (Phi) is 4.12. The molecule has 0 bridgehead atoms. The van der Waals surface area contributed by atoms with E-state index in [0.717, 1.165) is 19.1 Å². The molecule has 0 aromatic heterocycles. The average molecular weight is 220 g/mol. The third-order valence-electron chi connectivity index (χ3n) is 4.02. The van der Waals surface area contributed by atoms with Gasteiger partial charge in [0.1, 0.15) is 6.29 Å². The van der Waals surface area contributed by atoms with Gasteiger partial charge in [0.05, 0.1) is 0 Å². The highest BCUT2D eigenvalue weighted by Crippen LogP contribution is 2.45. The summed E-state index contributed by atoms with van der Waals surface area (Å²) in [6.45, 7) is 10.8. The second kappa shape index (κ2) is 4.99. The number of hydrogen-bond donors (Lipinski definition) is 0. The van der Waals surface area contributed by atoms with Crippen LogP contribution in [0.1, 0.15) is 47.5 Å². The van der Waals surface area contributed by atoms with Gasteiger partial charge in [-0.1, -0.05) is 37.1 Å². The molecule has 0 radical (unpaired) electrons. The normalized spacial score (nSPS) is 28.2. The first-order valence-electron chi connectivity index (χ1n) is 6.15. The van der Waals surface area contributed by atoms with Crippen molar-refractivity contribution in [1.29, 1.82) is 0 Å². The molecule has 1 aliphatic carbocycles. The fourth-order valence-electron chi connectivity index (χ4n) is 2.66. The van der Waals surface area contributed by atoms with E-state index in [1.54, 1.807) is 0 Å². The first-order valence-corrected chi connectivity index (χ1v) is 6.15. The van der Waals surface area contributed by atoms with E-state index >= 15 is 0 Å². The molecule has 0 aromatic carbocycles. The average Bonchev–Trinajstić information content (AvgIpc) is 2.15. The van der Waals surface area contributed by atoms with Gasteiger partial charge in [-0.3, -0.25) is 0 Å². The monoisotopic (exact) mass is 220 g/mol. The topological polar surface area (TPSA) is 17.1 Å². The molecule has 1 heteroatoms. The Labute approximate surface area is 99.6 Å². The number of carbonyl (C=O) groups excluding carboxylic acids is 1. The van der Waals surface area contributed by atoms with E-state index in [9.17, 15) is 4.79 Å². The maximum absolute atomic E-state index is 11.2. The zero-order valence-electron chi connectivity index (χ0n) is 11.2. The number of rotatable bonds is 3. The van der Waals surface area contributed by atoms with Gasteiger partial charge in [0.15, 0.2) is 0 Å². The lowest BCUT2D eigenvalue weighted by molar-refractivity contribution is -0.114. The lowest BCUT2D eigenvalue weighted by atomic mass is 9.62. The summed E-state index contributed by atoms with van der Waals surface area (Å²) in [6, 6.07) is 0. The molecular weight excluding hydrogens is 196 g/mol. The van der Waals surface area contributed by atoms with Crippen LogP contribution in [0.2, 0.25) is 0 Å². The van der Waals surface area contributed by atoms with Gasteiger partial charge in [-0.15, -0.1) is 0 Å². The van der Waals surface area contributed by atoms with E-state index in [1.165, 1.54) is 11.1 Å². The van der Waals surface area contributed by atoms with Crippen LogP contribution in [0, 0.1) is 17.3 Å². The number of aldehydes is 1. The Balaban J connectivity index is 2.89. The smallest absolute Gasteiger partial charge is 0.127 e. The van der Waals surface area contributed by atoms with Crippen LogP contribution in [0.4, 0.5) is 0 Å². The lowest BCUT2D eigenvalue weighted by Gasteiger charge is -2.42. The van der Waals surface area contributed by atoms with Gasteiger partial charge < -0.3 is 4.79 Å². The summed E-state index contributed by atoms with van der Waals surface area (Å²) in [6.07, 6.45) is 7.85. The van der Waals surface area contributed by atoms with Crippen LogP contribution in [-0.4, -0.2) is 6.29 Å². The molecule has 0 amide bonds. The summed E-state index contributed by atoms with van der Waals surface area (Å²) < 4.78 is 0. The van der Waals surface area contributed by atoms with E-state index in [-0.39, 0.29) is 11.3 Å². The fourth-order valence-corrected chi connectivity index (χ4v) is 2.66. The largest absolute Gasteiger partial charge is 0.303 e. The fraction of sp³-hybridized carbons (Fsp3) is 0.667. The third-order valence-corrected chi connectivity index (χ3v) is 4.02. The molecule has 0 N–H and O–H groups in total. The molecule has 0 saturated carbocycles. The predicted molar refractivity (Wildman–Crippen MR) is 69.2 cm³/mol. The standard InChI is InChI=1S/C15H24O/c1-11(2)6-8-13-9-7-12(3)14(10-16)15(13,4)5/h6-7,10,13-14H,8-9H2,1-5H3/t13-,14+/m1/s1. The van der Waals surface area contributed by atoms with Crippen molar-refractivity contribution >= 4 is 6.29 Å². The van der Waals surface area contributed by atoms with Crippen LogP contribution in [0.5, 0.6) is 0 Å². The van der Waals surface area contributed by atoms with Crippen molar-refractivity contribution < 1.29 is 4.79 Å². The van der Waals surface area contributed by atoms with E-state index < -0.39 is 0 Å². The lowest BCUT2D eigenvalue weighted by Crippen LogP contribution is -2.36. The molecule has 1 nitrogen and oxygen atoms in total. The van der Waals surface area contributed by atoms with Gasteiger partial charge in [0.2, 0.25) is 0 Å². The predicted octanol–water partition coefficient (Wildman–Crippen LogP) is 4.15. The van der Waals surface area contributed by atoms with Crippen molar-refractivity contribution in [2.24, 2.45) is 17.3 Å². The first kappa shape index (κ1) is 13.2. The van der Waals surface area contributed by atoms with Gasteiger partial charge in [-0.25, -0.2) is 0 Å². The van der Waals surface area contributed by atoms with Crippen LogP contribution in [0.25, 0.3) is 0 Å².